The number of methoxy groups -OCH3 is 1. The van der Waals surface area contributed by atoms with E-state index in [-0.39, 0.29) is 12.1 Å². The Kier molecular flexibility index (Phi) is 6.31. The number of para-hydroxylation sites is 2. The summed E-state index contributed by atoms with van der Waals surface area (Å²) in [6, 6.07) is 15.5. The van der Waals surface area contributed by atoms with Crippen LogP contribution in [-0.4, -0.2) is 34.3 Å². The molecule has 2 aromatic heterocycles. The third-order valence-electron chi connectivity index (χ3n) is 4.50. The highest BCUT2D eigenvalue weighted by molar-refractivity contribution is 7.19. The van der Waals surface area contributed by atoms with Crippen molar-refractivity contribution in [2.75, 3.05) is 19.0 Å². The molecule has 2 heterocycles. The normalized spacial score (nSPS) is 10.7. The number of aromatic nitrogens is 3. The molecule has 0 aliphatic carbocycles. The van der Waals surface area contributed by atoms with Crippen LogP contribution in [-0.2, 0) is 6.54 Å². The maximum Gasteiger partial charge on any atom is 0.319 e. The Hall–Kier alpha value is -3.92. The number of fused-ring (bicyclic) bond motifs is 1. The molecule has 2 amide bonds. The van der Waals surface area contributed by atoms with Gasteiger partial charge in [-0.25, -0.2) is 9.78 Å². The van der Waals surface area contributed by atoms with E-state index in [4.69, 9.17) is 9.47 Å². The molecule has 0 bridgehead atoms. The number of anilines is 1. The summed E-state index contributed by atoms with van der Waals surface area (Å²) < 4.78 is 11.9. The van der Waals surface area contributed by atoms with Crippen LogP contribution in [0.25, 0.3) is 15.5 Å². The average molecular weight is 452 g/mol. The van der Waals surface area contributed by atoms with Crippen molar-refractivity contribution in [1.82, 2.24) is 19.9 Å². The van der Waals surface area contributed by atoms with E-state index < -0.39 is 6.03 Å². The van der Waals surface area contributed by atoms with Crippen LogP contribution in [0.3, 0.4) is 0 Å². The number of amides is 2. The zero-order chi connectivity index (χ0) is 22.5. The predicted octanol–water partition coefficient (Wildman–Crippen LogP) is 3.55. The van der Waals surface area contributed by atoms with Gasteiger partial charge >= 0.3 is 6.03 Å². The van der Waals surface area contributed by atoms with Gasteiger partial charge in [-0.3, -0.25) is 4.79 Å². The standard InChI is InChI=1S/C22H21N5O4S/c1-3-31-18-7-5-4-6-17(18)25-21(29)23-13-15-12-19(28)27-22(24-15)32-20(26-27)14-8-10-16(30-2)11-9-14/h4-12H,3,13H2,1-2H3,(H2,23,25,29). The van der Waals surface area contributed by atoms with Crippen LogP contribution in [0.1, 0.15) is 12.6 Å². The molecule has 2 N–H and O–H groups in total. The molecule has 0 radical (unpaired) electrons. The molecule has 2 aromatic carbocycles. The third kappa shape index (κ3) is 4.70. The molecule has 4 aromatic rings. The first-order chi connectivity index (χ1) is 15.6. The predicted molar refractivity (Wildman–Crippen MR) is 123 cm³/mol. The number of nitrogens with one attached hydrogen (secondary N) is 2. The summed E-state index contributed by atoms with van der Waals surface area (Å²) in [6.07, 6.45) is 0. The van der Waals surface area contributed by atoms with Gasteiger partial charge in [0.25, 0.3) is 5.56 Å². The smallest absolute Gasteiger partial charge is 0.319 e. The maximum absolute atomic E-state index is 12.5. The van der Waals surface area contributed by atoms with E-state index in [0.717, 1.165) is 11.3 Å². The van der Waals surface area contributed by atoms with E-state index in [1.165, 1.54) is 21.9 Å². The summed E-state index contributed by atoms with van der Waals surface area (Å²) in [5.74, 6) is 1.32. The molecular formula is C22H21N5O4S. The fourth-order valence-electron chi connectivity index (χ4n) is 2.99. The third-order valence-corrected chi connectivity index (χ3v) is 5.46. The van der Waals surface area contributed by atoms with Gasteiger partial charge in [0, 0.05) is 11.6 Å². The van der Waals surface area contributed by atoms with Crippen LogP contribution < -0.4 is 25.7 Å². The molecule has 0 fully saturated rings. The second-order valence-corrected chi connectivity index (χ2v) is 7.61. The van der Waals surface area contributed by atoms with Crippen molar-refractivity contribution in [3.05, 3.63) is 70.6 Å². The van der Waals surface area contributed by atoms with Gasteiger partial charge in [-0.1, -0.05) is 23.5 Å². The lowest BCUT2D eigenvalue weighted by atomic mass is 10.2. The Bertz CT molecular complexity index is 1300. The summed E-state index contributed by atoms with van der Waals surface area (Å²) in [4.78, 5) is 29.7. The Labute approximate surface area is 187 Å². The minimum absolute atomic E-state index is 0.0874. The average Bonchev–Trinajstić information content (AvgIpc) is 3.24. The minimum Gasteiger partial charge on any atom is -0.497 e. The Balaban J connectivity index is 1.48. The Morgan fingerprint density at radius 1 is 1.16 bits per heavy atom. The summed E-state index contributed by atoms with van der Waals surface area (Å²) >= 11 is 1.29. The second kappa shape index (κ2) is 9.48. The van der Waals surface area contributed by atoms with Gasteiger partial charge in [0.15, 0.2) is 0 Å². The number of benzene rings is 2. The van der Waals surface area contributed by atoms with E-state index in [9.17, 15) is 9.59 Å². The second-order valence-electron chi connectivity index (χ2n) is 6.65. The summed E-state index contributed by atoms with van der Waals surface area (Å²) in [5, 5.41) is 10.5. The van der Waals surface area contributed by atoms with Crippen LogP contribution in [0.15, 0.2) is 59.4 Å². The largest absolute Gasteiger partial charge is 0.497 e. The fraction of sp³-hybridized carbons (Fsp3) is 0.182. The summed E-state index contributed by atoms with van der Waals surface area (Å²) in [6.45, 7) is 2.45. The van der Waals surface area contributed by atoms with Gasteiger partial charge < -0.3 is 20.1 Å². The lowest BCUT2D eigenvalue weighted by Crippen LogP contribution is -2.29. The fourth-order valence-corrected chi connectivity index (χ4v) is 3.92. The van der Waals surface area contributed by atoms with Gasteiger partial charge in [0.2, 0.25) is 4.96 Å². The van der Waals surface area contributed by atoms with Crippen molar-refractivity contribution in [2.24, 2.45) is 0 Å². The molecule has 9 nitrogen and oxygen atoms in total. The van der Waals surface area contributed by atoms with Gasteiger partial charge in [-0.2, -0.15) is 9.61 Å². The number of carbonyl (C=O) groups is 1. The lowest BCUT2D eigenvalue weighted by molar-refractivity contribution is 0.251. The first-order valence-corrected chi connectivity index (χ1v) is 10.7. The molecule has 0 saturated heterocycles. The first-order valence-electron chi connectivity index (χ1n) is 9.88. The van der Waals surface area contributed by atoms with Crippen LogP contribution in [0.4, 0.5) is 10.5 Å². The molecule has 0 aliphatic rings. The number of nitrogens with zero attached hydrogens (tertiary/aromatic N) is 3. The van der Waals surface area contributed by atoms with E-state index >= 15 is 0 Å². The number of ether oxygens (including phenoxy) is 2. The first kappa shape index (κ1) is 21.3. The van der Waals surface area contributed by atoms with E-state index in [2.05, 4.69) is 20.7 Å². The van der Waals surface area contributed by atoms with Crippen LogP contribution in [0.5, 0.6) is 11.5 Å². The van der Waals surface area contributed by atoms with Crippen molar-refractivity contribution < 1.29 is 14.3 Å². The number of rotatable bonds is 7. The maximum atomic E-state index is 12.5. The molecule has 0 saturated carbocycles. The number of carbonyl (C=O) groups excluding carboxylic acids is 1. The van der Waals surface area contributed by atoms with Gasteiger partial charge in [-0.15, -0.1) is 0 Å². The minimum atomic E-state index is -0.428. The summed E-state index contributed by atoms with van der Waals surface area (Å²) in [5.41, 5.74) is 1.53. The zero-order valence-electron chi connectivity index (χ0n) is 17.5. The molecule has 0 unspecified atom stereocenters. The van der Waals surface area contributed by atoms with Gasteiger partial charge in [-0.05, 0) is 43.3 Å². The van der Waals surface area contributed by atoms with Gasteiger partial charge in [0.1, 0.15) is 16.5 Å². The molecule has 4 rings (SSSR count). The van der Waals surface area contributed by atoms with Crippen molar-refractivity contribution >= 4 is 28.0 Å². The van der Waals surface area contributed by atoms with E-state index in [1.807, 2.05) is 37.3 Å². The highest BCUT2D eigenvalue weighted by atomic mass is 32.1. The van der Waals surface area contributed by atoms with Crippen molar-refractivity contribution in [2.45, 2.75) is 13.5 Å². The molecule has 0 spiro atoms. The number of hydrogen-bond acceptors (Lipinski definition) is 7. The SMILES string of the molecule is CCOc1ccccc1NC(=O)NCc1cc(=O)n2nc(-c3ccc(OC)cc3)sc2n1. The molecule has 0 aliphatic heterocycles. The number of urea groups is 1. The van der Waals surface area contributed by atoms with Crippen LogP contribution >= 0.6 is 11.3 Å². The molecule has 0 atom stereocenters. The molecular weight excluding hydrogens is 430 g/mol. The molecule has 10 heteroatoms. The van der Waals surface area contributed by atoms with Crippen LogP contribution in [0.2, 0.25) is 0 Å². The van der Waals surface area contributed by atoms with Crippen molar-refractivity contribution in [3.8, 4) is 22.1 Å². The molecule has 164 valence electrons. The monoisotopic (exact) mass is 451 g/mol. The molecule has 32 heavy (non-hydrogen) atoms. The van der Waals surface area contributed by atoms with Crippen molar-refractivity contribution in [3.63, 3.8) is 0 Å². The highest BCUT2D eigenvalue weighted by Crippen LogP contribution is 2.26. The van der Waals surface area contributed by atoms with Crippen LogP contribution in [0, 0.1) is 0 Å². The Morgan fingerprint density at radius 2 is 1.94 bits per heavy atom. The topological polar surface area (TPSA) is 107 Å². The van der Waals surface area contributed by atoms with E-state index in [0.29, 0.717) is 33.7 Å². The summed E-state index contributed by atoms with van der Waals surface area (Å²) in [7, 11) is 1.60. The van der Waals surface area contributed by atoms with E-state index in [1.54, 1.807) is 25.3 Å². The number of hydrogen-bond donors (Lipinski definition) is 2. The zero-order valence-corrected chi connectivity index (χ0v) is 18.3. The Morgan fingerprint density at radius 3 is 2.69 bits per heavy atom. The highest BCUT2D eigenvalue weighted by Gasteiger charge is 2.12. The van der Waals surface area contributed by atoms with Gasteiger partial charge in [0.05, 0.1) is 31.6 Å². The lowest BCUT2D eigenvalue weighted by Gasteiger charge is -2.11. The quantitative estimate of drug-likeness (QED) is 0.445. The van der Waals surface area contributed by atoms with Crippen molar-refractivity contribution in [1.29, 1.82) is 0 Å².